The van der Waals surface area contributed by atoms with Crippen LogP contribution in [0.2, 0.25) is 0 Å². The van der Waals surface area contributed by atoms with E-state index in [9.17, 15) is 19.5 Å². The molecule has 0 spiro atoms. The third-order valence-electron chi connectivity index (χ3n) is 5.81. The lowest BCUT2D eigenvalue weighted by Crippen LogP contribution is -2.41. The van der Waals surface area contributed by atoms with Gasteiger partial charge in [-0.15, -0.1) is 0 Å². The molecule has 8 heteroatoms. The molecule has 1 aliphatic rings. The minimum atomic E-state index is -1.13. The van der Waals surface area contributed by atoms with Crippen LogP contribution < -0.4 is 5.32 Å². The van der Waals surface area contributed by atoms with Crippen molar-refractivity contribution in [2.45, 2.75) is 31.2 Å². The molecule has 1 atom stereocenters. The van der Waals surface area contributed by atoms with Crippen LogP contribution >= 0.6 is 0 Å². The van der Waals surface area contributed by atoms with E-state index in [0.29, 0.717) is 19.4 Å². The Hall–Kier alpha value is -3.81. The number of carbonyl (C=O) groups excluding carboxylic acids is 2. The average molecular weight is 467 g/mol. The second-order valence-corrected chi connectivity index (χ2v) is 8.14. The highest BCUT2D eigenvalue weighted by atomic mass is 16.6. The molecule has 0 radical (unpaired) electrons. The molecule has 2 aromatic rings. The number of amides is 2. The van der Waals surface area contributed by atoms with Crippen molar-refractivity contribution in [3.8, 4) is 11.1 Å². The van der Waals surface area contributed by atoms with Crippen molar-refractivity contribution in [2.75, 3.05) is 26.8 Å². The highest BCUT2D eigenvalue weighted by molar-refractivity contribution is 5.81. The molecule has 0 heterocycles. The number of alkyl carbamates (subject to hydrolysis) is 1. The number of rotatable bonds is 11. The molecule has 0 fully saturated rings. The summed E-state index contributed by atoms with van der Waals surface area (Å²) >= 11 is 0. The molecule has 1 unspecified atom stereocenters. The summed E-state index contributed by atoms with van der Waals surface area (Å²) in [5, 5.41) is 11.9. The number of hydrogen-bond donors (Lipinski definition) is 2. The lowest BCUT2D eigenvalue weighted by atomic mass is 9.98. The summed E-state index contributed by atoms with van der Waals surface area (Å²) in [6.07, 6.45) is 1.54. The Morgan fingerprint density at radius 3 is 2.26 bits per heavy atom. The highest BCUT2D eigenvalue weighted by Gasteiger charge is 2.29. The number of fused-ring (bicyclic) bond motifs is 3. The lowest BCUT2D eigenvalue weighted by molar-refractivity contribution is -0.139. The van der Waals surface area contributed by atoms with Crippen molar-refractivity contribution in [2.24, 2.45) is 0 Å². The van der Waals surface area contributed by atoms with Crippen molar-refractivity contribution >= 4 is 18.2 Å². The Morgan fingerprint density at radius 1 is 1.06 bits per heavy atom. The molecule has 0 aliphatic heterocycles. The molecule has 2 N–H and O–H groups in total. The molecule has 3 rings (SSSR count). The molecule has 2 amide bonds. The fourth-order valence-electron chi connectivity index (χ4n) is 4.07. The van der Waals surface area contributed by atoms with Crippen LogP contribution in [-0.4, -0.2) is 61.0 Å². The van der Waals surface area contributed by atoms with Crippen LogP contribution in [0.25, 0.3) is 11.1 Å². The van der Waals surface area contributed by atoms with Crippen molar-refractivity contribution < 1.29 is 29.0 Å². The molecule has 2 aromatic carbocycles. The van der Waals surface area contributed by atoms with Crippen molar-refractivity contribution in [3.05, 3.63) is 72.3 Å². The molecular formula is C26H30N2O6. The molecule has 0 bridgehead atoms. The van der Waals surface area contributed by atoms with Crippen LogP contribution in [0.3, 0.4) is 0 Å². The van der Waals surface area contributed by atoms with Crippen LogP contribution in [-0.2, 0) is 14.3 Å². The predicted molar refractivity (Wildman–Crippen MR) is 128 cm³/mol. The Balaban J connectivity index is 1.48. The first-order valence-electron chi connectivity index (χ1n) is 11.3. The average Bonchev–Trinajstić information content (AvgIpc) is 3.16. The molecule has 180 valence electrons. The summed E-state index contributed by atoms with van der Waals surface area (Å²) in [6, 6.07) is 14.9. The van der Waals surface area contributed by atoms with Crippen molar-refractivity contribution in [3.63, 3.8) is 0 Å². The van der Waals surface area contributed by atoms with E-state index in [1.54, 1.807) is 7.05 Å². The third kappa shape index (κ3) is 6.15. The highest BCUT2D eigenvalue weighted by Crippen LogP contribution is 2.44. The van der Waals surface area contributed by atoms with E-state index in [2.05, 4.69) is 11.9 Å². The fraction of sp³-hybridized carbons (Fsp3) is 0.346. The van der Waals surface area contributed by atoms with Gasteiger partial charge in [-0.1, -0.05) is 61.2 Å². The lowest BCUT2D eigenvalue weighted by Gasteiger charge is -2.18. The number of carbonyl (C=O) groups is 3. The zero-order valence-corrected chi connectivity index (χ0v) is 19.2. The maximum Gasteiger partial charge on any atom is 0.409 e. The van der Waals surface area contributed by atoms with Gasteiger partial charge in [-0.25, -0.2) is 14.4 Å². The van der Waals surface area contributed by atoms with Gasteiger partial charge in [0.25, 0.3) is 0 Å². The summed E-state index contributed by atoms with van der Waals surface area (Å²) in [4.78, 5) is 37.1. The molecule has 1 aliphatic carbocycles. The summed E-state index contributed by atoms with van der Waals surface area (Å²) < 4.78 is 10.4. The monoisotopic (exact) mass is 466 g/mol. The molecule has 0 saturated heterocycles. The van der Waals surface area contributed by atoms with Gasteiger partial charge in [0.2, 0.25) is 0 Å². The molecule has 0 saturated carbocycles. The van der Waals surface area contributed by atoms with E-state index >= 15 is 0 Å². The standard InChI is InChI=1S/C26H30N2O6/c1-3-16-33-26(32)28(2)15-9-8-14-23(24(29)30)27-25(31)34-17-22-20-12-6-4-10-18(20)19-11-5-7-13-21(19)22/h3-7,10-13,22-23H,1,8-9,14-17H2,2H3,(H,27,31)(H,29,30). The fourth-order valence-corrected chi connectivity index (χ4v) is 4.07. The van der Waals surface area contributed by atoms with Gasteiger partial charge in [0, 0.05) is 19.5 Å². The number of carboxylic acid groups (broad SMARTS) is 1. The SMILES string of the molecule is C=CCOC(=O)N(C)CCCCC(NC(=O)OCC1c2ccccc2-c2ccccc21)C(=O)O. The number of carboxylic acids is 1. The van der Waals surface area contributed by atoms with Gasteiger partial charge in [0.1, 0.15) is 19.3 Å². The summed E-state index contributed by atoms with van der Waals surface area (Å²) in [6.45, 7) is 4.14. The smallest absolute Gasteiger partial charge is 0.409 e. The number of benzene rings is 2. The molecule has 8 nitrogen and oxygen atoms in total. The van der Waals surface area contributed by atoms with Crippen LogP contribution in [0.5, 0.6) is 0 Å². The van der Waals surface area contributed by atoms with Gasteiger partial charge >= 0.3 is 18.2 Å². The number of nitrogens with one attached hydrogen (secondary N) is 1. The number of hydrogen-bond acceptors (Lipinski definition) is 5. The largest absolute Gasteiger partial charge is 0.480 e. The zero-order chi connectivity index (χ0) is 24.5. The van der Waals surface area contributed by atoms with Gasteiger partial charge < -0.3 is 24.8 Å². The first kappa shape index (κ1) is 24.8. The topological polar surface area (TPSA) is 105 Å². The van der Waals surface area contributed by atoms with Gasteiger partial charge in [-0.3, -0.25) is 0 Å². The van der Waals surface area contributed by atoms with Crippen LogP contribution in [0.4, 0.5) is 9.59 Å². The van der Waals surface area contributed by atoms with E-state index in [1.165, 1.54) is 11.0 Å². The minimum Gasteiger partial charge on any atom is -0.480 e. The number of nitrogens with zero attached hydrogens (tertiary/aromatic N) is 1. The van der Waals surface area contributed by atoms with Crippen LogP contribution in [0.1, 0.15) is 36.3 Å². The van der Waals surface area contributed by atoms with E-state index < -0.39 is 24.2 Å². The van der Waals surface area contributed by atoms with Gasteiger partial charge in [-0.2, -0.15) is 0 Å². The van der Waals surface area contributed by atoms with Crippen molar-refractivity contribution in [1.82, 2.24) is 10.2 Å². The number of aliphatic carboxylic acids is 1. The maximum atomic E-state index is 12.4. The first-order chi connectivity index (χ1) is 16.4. The quantitative estimate of drug-likeness (QED) is 0.376. The third-order valence-corrected chi connectivity index (χ3v) is 5.81. The van der Waals surface area contributed by atoms with E-state index in [-0.39, 0.29) is 25.6 Å². The maximum absolute atomic E-state index is 12.4. The number of ether oxygens (including phenoxy) is 2. The van der Waals surface area contributed by atoms with Gasteiger partial charge in [0.15, 0.2) is 0 Å². The second-order valence-electron chi connectivity index (χ2n) is 8.14. The summed E-state index contributed by atoms with van der Waals surface area (Å²) in [5.41, 5.74) is 4.41. The first-order valence-corrected chi connectivity index (χ1v) is 11.3. The number of unbranched alkanes of at least 4 members (excludes halogenated alkanes) is 1. The van der Waals surface area contributed by atoms with E-state index in [1.807, 2.05) is 48.5 Å². The zero-order valence-electron chi connectivity index (χ0n) is 19.2. The minimum absolute atomic E-state index is 0.0992. The van der Waals surface area contributed by atoms with Gasteiger partial charge in [-0.05, 0) is 41.5 Å². The van der Waals surface area contributed by atoms with Crippen LogP contribution in [0, 0.1) is 0 Å². The molecule has 34 heavy (non-hydrogen) atoms. The molecular weight excluding hydrogens is 436 g/mol. The van der Waals surface area contributed by atoms with Crippen molar-refractivity contribution in [1.29, 1.82) is 0 Å². The van der Waals surface area contributed by atoms with E-state index in [4.69, 9.17) is 9.47 Å². The Morgan fingerprint density at radius 2 is 1.68 bits per heavy atom. The second kappa shape index (κ2) is 11.9. The normalized spacial score (nSPS) is 12.7. The summed E-state index contributed by atoms with van der Waals surface area (Å²) in [7, 11) is 1.61. The Labute approximate surface area is 199 Å². The predicted octanol–water partition coefficient (Wildman–Crippen LogP) is 4.40. The Kier molecular flexibility index (Phi) is 8.67. The summed E-state index contributed by atoms with van der Waals surface area (Å²) in [5.74, 6) is -1.23. The van der Waals surface area contributed by atoms with E-state index in [0.717, 1.165) is 22.3 Å². The molecule has 0 aromatic heterocycles. The van der Waals surface area contributed by atoms with Crippen LogP contribution in [0.15, 0.2) is 61.2 Å². The van der Waals surface area contributed by atoms with Gasteiger partial charge in [0.05, 0.1) is 0 Å². The Bertz CT molecular complexity index is 992.